The third-order valence-corrected chi connectivity index (χ3v) is 5.02. The van der Waals surface area contributed by atoms with E-state index in [2.05, 4.69) is 5.16 Å². The lowest BCUT2D eigenvalue weighted by Crippen LogP contribution is -2.39. The predicted molar refractivity (Wildman–Crippen MR) is 99.4 cm³/mol. The van der Waals surface area contributed by atoms with Gasteiger partial charge in [0.05, 0.1) is 17.8 Å². The molecule has 2 aliphatic heterocycles. The molecule has 0 saturated heterocycles. The number of nitrogens with zero attached hydrogens (tertiary/aromatic N) is 2. The fourth-order valence-electron chi connectivity index (χ4n) is 3.91. The zero-order chi connectivity index (χ0) is 18.4. The number of fused-ring (bicyclic) bond motifs is 2. The molecule has 3 aromatic carbocycles. The van der Waals surface area contributed by atoms with Crippen molar-refractivity contribution in [3.63, 3.8) is 0 Å². The molecule has 0 amide bonds. The van der Waals surface area contributed by atoms with Crippen LogP contribution in [0.15, 0.2) is 82.9 Å². The minimum atomic E-state index is -1.06. The van der Waals surface area contributed by atoms with Crippen LogP contribution in [0.25, 0.3) is 0 Å². The summed E-state index contributed by atoms with van der Waals surface area (Å²) < 4.78 is 27.8. The van der Waals surface area contributed by atoms with Gasteiger partial charge in [0.2, 0.25) is 5.60 Å². The smallest absolute Gasteiger partial charge is 0.218 e. The summed E-state index contributed by atoms with van der Waals surface area (Å²) in [5.74, 6) is -1.78. The molecule has 0 bridgehead atoms. The van der Waals surface area contributed by atoms with E-state index in [1.807, 2.05) is 54.6 Å². The second kappa shape index (κ2) is 5.84. The van der Waals surface area contributed by atoms with E-state index in [1.54, 1.807) is 6.21 Å². The van der Waals surface area contributed by atoms with Gasteiger partial charge in [-0.2, -0.15) is 0 Å². The third-order valence-electron chi connectivity index (χ3n) is 5.02. The van der Waals surface area contributed by atoms with Crippen molar-refractivity contribution in [1.29, 1.82) is 0 Å². The summed E-state index contributed by atoms with van der Waals surface area (Å²) in [4.78, 5) is 10.7. The average Bonchev–Trinajstić information content (AvgIpc) is 3.25. The van der Waals surface area contributed by atoms with Crippen molar-refractivity contribution in [1.82, 2.24) is 0 Å². The molecule has 5 heteroatoms. The highest BCUT2D eigenvalue weighted by atomic mass is 19.1. The van der Waals surface area contributed by atoms with Crippen molar-refractivity contribution in [2.45, 2.75) is 11.5 Å². The van der Waals surface area contributed by atoms with E-state index in [0.717, 1.165) is 22.9 Å². The molecule has 5 rings (SSSR count). The Morgan fingerprint density at radius 2 is 1.56 bits per heavy atom. The summed E-state index contributed by atoms with van der Waals surface area (Å²) in [6, 6.07) is 20.8. The van der Waals surface area contributed by atoms with Gasteiger partial charge in [-0.15, -0.1) is 0 Å². The van der Waals surface area contributed by atoms with Crippen LogP contribution < -0.4 is 0 Å². The minimum Gasteiger partial charge on any atom is -0.377 e. The summed E-state index contributed by atoms with van der Waals surface area (Å²) in [6.45, 7) is 0. The molecule has 27 heavy (non-hydrogen) atoms. The maximum absolute atomic E-state index is 13.9. The number of aliphatic imine (C=N–C) groups is 1. The molecule has 0 radical (unpaired) electrons. The van der Waals surface area contributed by atoms with Crippen LogP contribution >= 0.6 is 0 Å². The normalized spacial score (nSPS) is 22.6. The summed E-state index contributed by atoms with van der Waals surface area (Å²) in [5, 5.41) is 4.06. The lowest BCUT2D eigenvalue weighted by Gasteiger charge is -2.31. The monoisotopic (exact) mass is 360 g/mol. The predicted octanol–water partition coefficient (Wildman–Crippen LogP) is 5.09. The van der Waals surface area contributed by atoms with Crippen molar-refractivity contribution in [3.8, 4) is 0 Å². The summed E-state index contributed by atoms with van der Waals surface area (Å²) >= 11 is 0. The SMILES string of the molecule is Fc1cc(F)cc([C@H]2C=NO[C@]23C(c2ccccc2)=Nc2ccccc23)c1. The molecule has 0 unspecified atom stereocenters. The molecule has 3 aromatic rings. The minimum absolute atomic E-state index is 0.453. The Bertz CT molecular complexity index is 1070. The van der Waals surface area contributed by atoms with Crippen molar-refractivity contribution in [2.24, 2.45) is 10.1 Å². The average molecular weight is 360 g/mol. The molecule has 0 fully saturated rings. The second-order valence-electron chi connectivity index (χ2n) is 6.61. The number of rotatable bonds is 2. The summed E-state index contributed by atoms with van der Waals surface area (Å²) in [5.41, 5.74) is 2.55. The van der Waals surface area contributed by atoms with Gasteiger partial charge in [0.1, 0.15) is 17.3 Å². The van der Waals surface area contributed by atoms with E-state index < -0.39 is 23.2 Å². The van der Waals surface area contributed by atoms with E-state index in [4.69, 9.17) is 9.83 Å². The molecule has 0 N–H and O–H groups in total. The maximum Gasteiger partial charge on any atom is 0.218 e. The highest BCUT2D eigenvalue weighted by molar-refractivity contribution is 6.14. The van der Waals surface area contributed by atoms with Gasteiger partial charge in [-0.25, -0.2) is 13.8 Å². The first-order valence-corrected chi connectivity index (χ1v) is 8.60. The molecule has 0 aliphatic carbocycles. The van der Waals surface area contributed by atoms with E-state index in [-0.39, 0.29) is 0 Å². The number of hydrogen-bond acceptors (Lipinski definition) is 3. The van der Waals surface area contributed by atoms with Crippen molar-refractivity contribution < 1.29 is 13.6 Å². The Balaban J connectivity index is 1.75. The first-order valence-electron chi connectivity index (χ1n) is 8.60. The van der Waals surface area contributed by atoms with Crippen molar-refractivity contribution in [2.75, 3.05) is 0 Å². The largest absolute Gasteiger partial charge is 0.377 e. The molecule has 132 valence electrons. The molecule has 0 saturated carbocycles. The Labute approximate surface area is 154 Å². The van der Waals surface area contributed by atoms with Crippen LogP contribution in [0.2, 0.25) is 0 Å². The van der Waals surface area contributed by atoms with Crippen molar-refractivity contribution >= 4 is 17.6 Å². The zero-order valence-corrected chi connectivity index (χ0v) is 14.1. The van der Waals surface area contributed by atoms with E-state index in [0.29, 0.717) is 11.3 Å². The van der Waals surface area contributed by atoms with Gasteiger partial charge in [-0.1, -0.05) is 53.7 Å². The van der Waals surface area contributed by atoms with Gasteiger partial charge in [-0.05, 0) is 23.8 Å². The van der Waals surface area contributed by atoms with Crippen LogP contribution in [0.3, 0.4) is 0 Å². The van der Waals surface area contributed by atoms with Gasteiger partial charge in [0.15, 0.2) is 0 Å². The molecule has 3 nitrogen and oxygen atoms in total. The topological polar surface area (TPSA) is 34.0 Å². The fraction of sp³-hybridized carbons (Fsp3) is 0.0909. The quantitative estimate of drug-likeness (QED) is 0.626. The van der Waals surface area contributed by atoms with Crippen LogP contribution in [0.1, 0.15) is 22.6 Å². The van der Waals surface area contributed by atoms with Gasteiger partial charge in [0, 0.05) is 17.2 Å². The Hall–Kier alpha value is -3.34. The van der Waals surface area contributed by atoms with Crippen LogP contribution in [-0.2, 0) is 10.4 Å². The van der Waals surface area contributed by atoms with E-state index in [9.17, 15) is 8.78 Å². The molecule has 0 aromatic heterocycles. The molecular formula is C22H14F2N2O. The van der Waals surface area contributed by atoms with Crippen LogP contribution in [0, 0.1) is 11.6 Å². The van der Waals surface area contributed by atoms with E-state index in [1.165, 1.54) is 12.1 Å². The standard InChI is InChI=1S/C22H14F2N2O/c23-16-10-15(11-17(24)12-16)19-13-25-27-22(19)18-8-4-5-9-20(18)26-21(22)14-6-2-1-3-7-14/h1-13,19H/t19-,22+/m1/s1. The molecule has 2 atom stereocenters. The first-order chi connectivity index (χ1) is 13.2. The van der Waals surface area contributed by atoms with Crippen molar-refractivity contribution in [3.05, 3.63) is 101 Å². The number of halogens is 2. The Morgan fingerprint density at radius 1 is 0.852 bits per heavy atom. The highest BCUT2D eigenvalue weighted by Gasteiger charge is 2.55. The number of oxime groups is 1. The van der Waals surface area contributed by atoms with Crippen LogP contribution in [-0.4, -0.2) is 11.9 Å². The van der Waals surface area contributed by atoms with Gasteiger partial charge in [0.25, 0.3) is 0 Å². The van der Waals surface area contributed by atoms with Gasteiger partial charge < -0.3 is 4.84 Å². The lowest BCUT2D eigenvalue weighted by atomic mass is 9.74. The van der Waals surface area contributed by atoms with Gasteiger partial charge >= 0.3 is 0 Å². The third kappa shape index (κ3) is 2.31. The van der Waals surface area contributed by atoms with E-state index >= 15 is 0 Å². The molecule has 1 spiro atoms. The lowest BCUT2D eigenvalue weighted by molar-refractivity contribution is 0.0276. The Morgan fingerprint density at radius 3 is 2.33 bits per heavy atom. The Kier molecular flexibility index (Phi) is 3.44. The van der Waals surface area contributed by atoms with Gasteiger partial charge in [-0.3, -0.25) is 0 Å². The maximum atomic E-state index is 13.9. The number of hydrogen-bond donors (Lipinski definition) is 0. The molecular weight excluding hydrogens is 346 g/mol. The number of benzene rings is 3. The summed E-state index contributed by atoms with van der Waals surface area (Å²) in [7, 11) is 0. The molecule has 2 heterocycles. The van der Waals surface area contributed by atoms with Crippen LogP contribution in [0.4, 0.5) is 14.5 Å². The highest BCUT2D eigenvalue weighted by Crippen LogP contribution is 2.52. The zero-order valence-electron chi connectivity index (χ0n) is 14.1. The van der Waals surface area contributed by atoms with Crippen LogP contribution in [0.5, 0.6) is 0 Å². The second-order valence-corrected chi connectivity index (χ2v) is 6.61. The summed E-state index contributed by atoms with van der Waals surface area (Å²) in [6.07, 6.45) is 1.59. The first kappa shape index (κ1) is 15.9. The fourth-order valence-corrected chi connectivity index (χ4v) is 3.91. The molecule has 2 aliphatic rings. The number of para-hydroxylation sites is 1.